The Morgan fingerprint density at radius 1 is 1.26 bits per heavy atom. The van der Waals surface area contributed by atoms with Crippen LogP contribution in [0.15, 0.2) is 41.8 Å². The van der Waals surface area contributed by atoms with Crippen molar-refractivity contribution in [2.45, 2.75) is 19.4 Å². The maximum atomic E-state index is 13.9. The predicted octanol–water partition coefficient (Wildman–Crippen LogP) is 4.10. The first-order valence-electron chi connectivity index (χ1n) is 8.00. The second-order valence-corrected chi connectivity index (χ2v) is 7.59. The molecule has 0 bridgehead atoms. The SMILES string of the molecule is Cc1nn(Cc2csc3ccc(Cl)cc23)c2cc(C(F)(F)C(=O)[O-])ccc12. The van der Waals surface area contributed by atoms with E-state index < -0.39 is 17.5 Å². The zero-order chi connectivity index (χ0) is 19.3. The monoisotopic (exact) mass is 405 g/mol. The number of carboxylic acid groups (broad SMARTS) is 1. The van der Waals surface area contributed by atoms with Crippen LogP contribution in [0, 0.1) is 6.92 Å². The van der Waals surface area contributed by atoms with Crippen molar-refractivity contribution in [1.82, 2.24) is 9.78 Å². The Labute approximate surface area is 161 Å². The minimum Gasteiger partial charge on any atom is -0.544 e. The van der Waals surface area contributed by atoms with E-state index in [2.05, 4.69) is 5.10 Å². The molecule has 4 aromatic rings. The Hall–Kier alpha value is -2.51. The molecular weight excluding hydrogens is 394 g/mol. The van der Waals surface area contributed by atoms with Gasteiger partial charge in [0.05, 0.1) is 17.8 Å². The number of carbonyl (C=O) groups excluding carboxylic acids is 1. The van der Waals surface area contributed by atoms with E-state index in [4.69, 9.17) is 11.6 Å². The van der Waals surface area contributed by atoms with Crippen LogP contribution in [0.4, 0.5) is 8.78 Å². The molecule has 138 valence electrons. The van der Waals surface area contributed by atoms with Crippen LogP contribution in [-0.2, 0) is 17.3 Å². The fourth-order valence-corrected chi connectivity index (χ4v) is 4.22. The first-order chi connectivity index (χ1) is 12.8. The van der Waals surface area contributed by atoms with E-state index in [0.717, 1.165) is 27.8 Å². The number of thiophene rings is 1. The lowest BCUT2D eigenvalue weighted by atomic mass is 10.1. The third-order valence-electron chi connectivity index (χ3n) is 4.49. The zero-order valence-electron chi connectivity index (χ0n) is 14.0. The van der Waals surface area contributed by atoms with Gasteiger partial charge in [-0.25, -0.2) is 0 Å². The summed E-state index contributed by atoms with van der Waals surface area (Å²) in [6.07, 6.45) is 0. The van der Waals surface area contributed by atoms with Crippen molar-refractivity contribution in [3.63, 3.8) is 0 Å². The maximum absolute atomic E-state index is 13.9. The van der Waals surface area contributed by atoms with Gasteiger partial charge < -0.3 is 9.90 Å². The molecule has 2 heterocycles. The number of alkyl halides is 2. The van der Waals surface area contributed by atoms with Gasteiger partial charge in [0, 0.05) is 20.7 Å². The van der Waals surface area contributed by atoms with Crippen molar-refractivity contribution in [3.05, 3.63) is 63.6 Å². The second-order valence-electron chi connectivity index (χ2n) is 6.24. The van der Waals surface area contributed by atoms with E-state index in [9.17, 15) is 18.7 Å². The zero-order valence-corrected chi connectivity index (χ0v) is 15.6. The van der Waals surface area contributed by atoms with Gasteiger partial charge in [0.2, 0.25) is 0 Å². The van der Waals surface area contributed by atoms with Gasteiger partial charge in [-0.2, -0.15) is 13.9 Å². The normalized spacial score (nSPS) is 12.1. The number of fused-ring (bicyclic) bond motifs is 2. The summed E-state index contributed by atoms with van der Waals surface area (Å²) in [5.74, 6) is -6.50. The van der Waals surface area contributed by atoms with Crippen LogP contribution >= 0.6 is 22.9 Å². The van der Waals surface area contributed by atoms with Gasteiger partial charge in [0.25, 0.3) is 0 Å². The van der Waals surface area contributed by atoms with Crippen LogP contribution in [0.5, 0.6) is 0 Å². The van der Waals surface area contributed by atoms with Gasteiger partial charge >= 0.3 is 5.92 Å². The van der Waals surface area contributed by atoms with Crippen LogP contribution in [0.3, 0.4) is 0 Å². The fraction of sp³-hybridized carbons (Fsp3) is 0.158. The Kier molecular flexibility index (Phi) is 4.16. The van der Waals surface area contributed by atoms with Crippen LogP contribution in [0.2, 0.25) is 5.02 Å². The molecule has 0 unspecified atom stereocenters. The summed E-state index contributed by atoms with van der Waals surface area (Å²) in [5.41, 5.74) is 1.44. The summed E-state index contributed by atoms with van der Waals surface area (Å²) < 4.78 is 30.4. The van der Waals surface area contributed by atoms with E-state index in [1.807, 2.05) is 23.6 Å². The lowest BCUT2D eigenvalue weighted by Gasteiger charge is -2.17. The fourth-order valence-electron chi connectivity index (χ4n) is 3.11. The maximum Gasteiger partial charge on any atom is 0.312 e. The molecule has 2 aromatic carbocycles. The molecule has 0 aliphatic rings. The Bertz CT molecular complexity index is 1200. The van der Waals surface area contributed by atoms with Gasteiger partial charge in [-0.05, 0) is 47.5 Å². The number of carboxylic acids is 1. The van der Waals surface area contributed by atoms with Gasteiger partial charge in [-0.3, -0.25) is 4.68 Å². The average Bonchev–Trinajstić information content (AvgIpc) is 3.16. The quantitative estimate of drug-likeness (QED) is 0.513. The van der Waals surface area contributed by atoms with Crippen LogP contribution in [0.25, 0.3) is 21.0 Å². The van der Waals surface area contributed by atoms with E-state index in [0.29, 0.717) is 28.2 Å². The number of halogens is 3. The van der Waals surface area contributed by atoms with Crippen molar-refractivity contribution in [2.75, 3.05) is 0 Å². The van der Waals surface area contributed by atoms with E-state index in [-0.39, 0.29) is 0 Å². The molecule has 8 heteroatoms. The lowest BCUT2D eigenvalue weighted by Crippen LogP contribution is -2.39. The lowest BCUT2D eigenvalue weighted by molar-refractivity contribution is -0.331. The molecule has 0 saturated carbocycles. The molecule has 0 amide bonds. The molecule has 4 rings (SSSR count). The highest BCUT2D eigenvalue weighted by atomic mass is 35.5. The van der Waals surface area contributed by atoms with Crippen molar-refractivity contribution >= 4 is 49.9 Å². The highest BCUT2D eigenvalue weighted by Crippen LogP contribution is 2.33. The number of benzene rings is 2. The number of aromatic nitrogens is 2. The molecule has 0 N–H and O–H groups in total. The summed E-state index contributed by atoms with van der Waals surface area (Å²) in [4.78, 5) is 10.8. The third kappa shape index (κ3) is 2.96. The summed E-state index contributed by atoms with van der Waals surface area (Å²) in [6.45, 7) is 2.13. The smallest absolute Gasteiger partial charge is 0.312 e. The minimum absolute atomic E-state index is 0.352. The summed E-state index contributed by atoms with van der Waals surface area (Å²) in [7, 11) is 0. The van der Waals surface area contributed by atoms with Crippen molar-refractivity contribution in [2.24, 2.45) is 0 Å². The second kappa shape index (κ2) is 6.28. The Balaban J connectivity index is 1.83. The highest BCUT2D eigenvalue weighted by Gasteiger charge is 2.34. The van der Waals surface area contributed by atoms with Crippen molar-refractivity contribution in [3.8, 4) is 0 Å². The molecular formula is C19H12ClF2N2O2S-. The molecule has 0 aliphatic carbocycles. The molecule has 0 spiro atoms. The Morgan fingerprint density at radius 2 is 2.04 bits per heavy atom. The van der Waals surface area contributed by atoms with Gasteiger partial charge in [-0.15, -0.1) is 11.3 Å². The molecule has 4 nitrogen and oxygen atoms in total. The predicted molar refractivity (Wildman–Crippen MR) is 99.3 cm³/mol. The number of aryl methyl sites for hydroxylation is 1. The molecule has 0 saturated heterocycles. The summed E-state index contributed by atoms with van der Waals surface area (Å²) >= 11 is 7.65. The van der Waals surface area contributed by atoms with Crippen molar-refractivity contribution < 1.29 is 18.7 Å². The molecule has 0 radical (unpaired) electrons. The van der Waals surface area contributed by atoms with E-state index in [1.54, 1.807) is 22.9 Å². The minimum atomic E-state index is -4.07. The highest BCUT2D eigenvalue weighted by molar-refractivity contribution is 7.17. The van der Waals surface area contributed by atoms with Crippen LogP contribution in [-0.4, -0.2) is 15.7 Å². The molecule has 2 aromatic heterocycles. The summed E-state index contributed by atoms with van der Waals surface area (Å²) in [5, 5.41) is 19.5. The number of nitrogens with zero attached hydrogens (tertiary/aromatic N) is 2. The summed E-state index contributed by atoms with van der Waals surface area (Å²) in [6, 6.07) is 9.31. The van der Waals surface area contributed by atoms with Crippen LogP contribution in [0.1, 0.15) is 16.8 Å². The number of hydrogen-bond acceptors (Lipinski definition) is 4. The van der Waals surface area contributed by atoms with Gasteiger partial charge in [0.1, 0.15) is 5.97 Å². The number of rotatable bonds is 4. The molecule has 0 aliphatic heterocycles. The first kappa shape index (κ1) is 17.9. The standard InChI is InChI=1S/C19H13ClF2N2O2S/c1-10-14-4-2-12(19(21,22)18(25)26)6-16(14)24(23-10)8-11-9-27-17-5-3-13(20)7-15(11)17/h2-7,9H,8H2,1H3,(H,25,26)/p-1. The van der Waals surface area contributed by atoms with Crippen LogP contribution < -0.4 is 5.11 Å². The van der Waals surface area contributed by atoms with Crippen molar-refractivity contribution in [1.29, 1.82) is 0 Å². The molecule has 27 heavy (non-hydrogen) atoms. The Morgan fingerprint density at radius 3 is 2.78 bits per heavy atom. The molecule has 0 atom stereocenters. The van der Waals surface area contributed by atoms with Gasteiger partial charge in [-0.1, -0.05) is 23.7 Å². The number of hydrogen-bond donors (Lipinski definition) is 0. The van der Waals surface area contributed by atoms with E-state index in [1.165, 1.54) is 6.07 Å². The topological polar surface area (TPSA) is 58.0 Å². The number of aliphatic carboxylic acids is 1. The third-order valence-corrected chi connectivity index (χ3v) is 5.74. The van der Waals surface area contributed by atoms with E-state index >= 15 is 0 Å². The number of carbonyl (C=O) groups is 1. The average molecular weight is 406 g/mol. The first-order valence-corrected chi connectivity index (χ1v) is 9.25. The van der Waals surface area contributed by atoms with Gasteiger partial charge in [0.15, 0.2) is 0 Å². The largest absolute Gasteiger partial charge is 0.544 e. The molecule has 0 fully saturated rings.